The SMILES string of the molecule is Cl.Cl.N[C@@H]1CCN(C(=O)c2cccc(Sc3cccc(Br)c3)n2)C1. The van der Waals surface area contributed by atoms with Gasteiger partial charge in [0.1, 0.15) is 10.7 Å². The summed E-state index contributed by atoms with van der Waals surface area (Å²) in [7, 11) is 0. The second kappa shape index (κ2) is 9.63. The zero-order chi connectivity index (χ0) is 15.5. The van der Waals surface area contributed by atoms with Crippen molar-refractivity contribution in [2.75, 3.05) is 13.1 Å². The number of hydrogen-bond acceptors (Lipinski definition) is 4. The van der Waals surface area contributed by atoms with E-state index in [0.717, 1.165) is 20.8 Å². The van der Waals surface area contributed by atoms with Crippen LogP contribution in [0.5, 0.6) is 0 Å². The average Bonchev–Trinajstić information content (AvgIpc) is 2.93. The van der Waals surface area contributed by atoms with Crippen LogP contribution in [0, 0.1) is 0 Å². The van der Waals surface area contributed by atoms with E-state index in [-0.39, 0.29) is 36.8 Å². The van der Waals surface area contributed by atoms with Crippen molar-refractivity contribution in [3.05, 3.63) is 52.6 Å². The van der Waals surface area contributed by atoms with Crippen LogP contribution in [-0.4, -0.2) is 34.9 Å². The topological polar surface area (TPSA) is 59.2 Å². The highest BCUT2D eigenvalue weighted by Crippen LogP contribution is 2.28. The second-order valence-electron chi connectivity index (χ2n) is 5.22. The molecule has 1 atom stereocenters. The molecule has 130 valence electrons. The lowest BCUT2D eigenvalue weighted by Gasteiger charge is -2.15. The van der Waals surface area contributed by atoms with Gasteiger partial charge in [-0.3, -0.25) is 4.79 Å². The maximum absolute atomic E-state index is 12.4. The number of carbonyl (C=O) groups is 1. The van der Waals surface area contributed by atoms with Crippen molar-refractivity contribution >= 4 is 58.4 Å². The number of carbonyl (C=O) groups excluding carboxylic acids is 1. The van der Waals surface area contributed by atoms with E-state index in [2.05, 4.69) is 20.9 Å². The van der Waals surface area contributed by atoms with Crippen LogP contribution in [0.15, 0.2) is 56.9 Å². The summed E-state index contributed by atoms with van der Waals surface area (Å²) in [5, 5.41) is 0.812. The molecule has 2 N–H and O–H groups in total. The molecule has 1 fully saturated rings. The van der Waals surface area contributed by atoms with Gasteiger partial charge in [-0.2, -0.15) is 0 Å². The van der Waals surface area contributed by atoms with Crippen LogP contribution in [-0.2, 0) is 0 Å². The predicted octanol–water partition coefficient (Wildman–Crippen LogP) is 4.01. The Kier molecular flexibility index (Phi) is 8.53. The van der Waals surface area contributed by atoms with Crippen molar-refractivity contribution in [2.24, 2.45) is 5.73 Å². The lowest BCUT2D eigenvalue weighted by atomic mass is 10.3. The van der Waals surface area contributed by atoms with E-state index >= 15 is 0 Å². The number of rotatable bonds is 3. The van der Waals surface area contributed by atoms with Crippen LogP contribution < -0.4 is 5.73 Å². The van der Waals surface area contributed by atoms with Gasteiger partial charge in [-0.15, -0.1) is 24.8 Å². The number of pyridine rings is 1. The van der Waals surface area contributed by atoms with Crippen molar-refractivity contribution in [3.63, 3.8) is 0 Å². The molecule has 8 heteroatoms. The molecule has 3 rings (SSSR count). The molecule has 0 bridgehead atoms. The van der Waals surface area contributed by atoms with Crippen molar-refractivity contribution in [1.29, 1.82) is 0 Å². The second-order valence-corrected chi connectivity index (χ2v) is 7.23. The van der Waals surface area contributed by atoms with Gasteiger partial charge in [-0.25, -0.2) is 4.98 Å². The summed E-state index contributed by atoms with van der Waals surface area (Å²) in [6.45, 7) is 1.33. The minimum Gasteiger partial charge on any atom is -0.336 e. The lowest BCUT2D eigenvalue weighted by Crippen LogP contribution is -2.32. The van der Waals surface area contributed by atoms with Gasteiger partial charge in [0.05, 0.1) is 0 Å². The van der Waals surface area contributed by atoms with E-state index in [9.17, 15) is 4.79 Å². The first-order chi connectivity index (χ1) is 10.6. The fraction of sp³-hybridized carbons (Fsp3) is 0.250. The molecule has 1 aliphatic heterocycles. The van der Waals surface area contributed by atoms with E-state index in [4.69, 9.17) is 5.73 Å². The van der Waals surface area contributed by atoms with Gasteiger partial charge in [-0.1, -0.05) is 39.8 Å². The van der Waals surface area contributed by atoms with Crippen molar-refractivity contribution in [1.82, 2.24) is 9.88 Å². The molecule has 1 amide bonds. The molecule has 0 spiro atoms. The number of halogens is 3. The summed E-state index contributed by atoms with van der Waals surface area (Å²) in [4.78, 5) is 19.8. The van der Waals surface area contributed by atoms with Gasteiger partial charge < -0.3 is 10.6 Å². The minimum atomic E-state index is -0.0374. The number of nitrogens with two attached hydrogens (primary N) is 1. The number of benzene rings is 1. The molecule has 0 radical (unpaired) electrons. The molecule has 0 saturated carbocycles. The summed E-state index contributed by atoms with van der Waals surface area (Å²) in [5.74, 6) is -0.0374. The standard InChI is InChI=1S/C16H16BrN3OS.2ClH/c17-11-3-1-4-13(9-11)22-15-6-2-5-14(19-15)16(21)20-8-7-12(18)10-20;;/h1-6,9,12H,7-8,10,18H2;2*1H/t12-;;/m1../s1. The average molecular weight is 451 g/mol. The van der Waals surface area contributed by atoms with Crippen LogP contribution in [0.25, 0.3) is 0 Å². The molecule has 1 saturated heterocycles. The molecule has 1 aromatic heterocycles. The maximum Gasteiger partial charge on any atom is 0.272 e. The Morgan fingerprint density at radius 3 is 2.67 bits per heavy atom. The summed E-state index contributed by atoms with van der Waals surface area (Å²) in [6, 6.07) is 13.6. The predicted molar refractivity (Wildman–Crippen MR) is 105 cm³/mol. The monoisotopic (exact) mass is 449 g/mol. The van der Waals surface area contributed by atoms with E-state index < -0.39 is 0 Å². The molecule has 2 aromatic rings. The highest BCUT2D eigenvalue weighted by Gasteiger charge is 2.25. The largest absolute Gasteiger partial charge is 0.336 e. The molecular weight excluding hydrogens is 433 g/mol. The first-order valence-corrected chi connectivity index (χ1v) is 8.68. The molecule has 0 aliphatic carbocycles. The third kappa shape index (κ3) is 5.36. The van der Waals surface area contributed by atoms with Crippen molar-refractivity contribution in [2.45, 2.75) is 22.4 Å². The fourth-order valence-electron chi connectivity index (χ4n) is 2.38. The van der Waals surface area contributed by atoms with Crippen LogP contribution in [0.3, 0.4) is 0 Å². The van der Waals surface area contributed by atoms with Crippen LogP contribution >= 0.6 is 52.5 Å². The molecular formula is C16H18BrCl2N3OS. The van der Waals surface area contributed by atoms with Gasteiger partial charge in [0.2, 0.25) is 0 Å². The highest BCUT2D eigenvalue weighted by molar-refractivity contribution is 9.10. The Balaban J connectivity index is 0.00000144. The summed E-state index contributed by atoms with van der Waals surface area (Å²) >= 11 is 5.00. The zero-order valence-electron chi connectivity index (χ0n) is 12.7. The van der Waals surface area contributed by atoms with Gasteiger partial charge in [0, 0.05) is 28.5 Å². The van der Waals surface area contributed by atoms with E-state index in [1.807, 2.05) is 36.4 Å². The molecule has 4 nitrogen and oxygen atoms in total. The fourth-order valence-corrected chi connectivity index (χ4v) is 3.79. The Bertz CT molecular complexity index is 705. The molecule has 24 heavy (non-hydrogen) atoms. The number of aromatic nitrogens is 1. The number of nitrogens with zero attached hydrogens (tertiary/aromatic N) is 2. The normalized spacial score (nSPS) is 16.2. The van der Waals surface area contributed by atoms with Crippen molar-refractivity contribution < 1.29 is 4.79 Å². The number of likely N-dealkylation sites (tertiary alicyclic amines) is 1. The highest BCUT2D eigenvalue weighted by atomic mass is 79.9. The van der Waals surface area contributed by atoms with E-state index in [1.165, 1.54) is 11.8 Å². The molecule has 1 aliphatic rings. The van der Waals surface area contributed by atoms with Crippen LogP contribution in [0.2, 0.25) is 0 Å². The van der Waals surface area contributed by atoms with E-state index in [1.54, 1.807) is 11.0 Å². The lowest BCUT2D eigenvalue weighted by molar-refractivity contribution is 0.0784. The Hall–Kier alpha value is -0.790. The van der Waals surface area contributed by atoms with Gasteiger partial charge in [0.25, 0.3) is 5.91 Å². The Morgan fingerprint density at radius 2 is 2.00 bits per heavy atom. The summed E-state index contributed by atoms with van der Waals surface area (Å²) in [5.41, 5.74) is 6.35. The van der Waals surface area contributed by atoms with Gasteiger partial charge >= 0.3 is 0 Å². The maximum atomic E-state index is 12.4. The first-order valence-electron chi connectivity index (χ1n) is 7.07. The third-order valence-electron chi connectivity index (χ3n) is 3.47. The van der Waals surface area contributed by atoms with Crippen molar-refractivity contribution in [3.8, 4) is 0 Å². The van der Waals surface area contributed by atoms with Gasteiger partial charge in [0.15, 0.2) is 0 Å². The Morgan fingerprint density at radius 1 is 1.25 bits per heavy atom. The van der Waals surface area contributed by atoms with E-state index in [0.29, 0.717) is 18.8 Å². The van der Waals surface area contributed by atoms with Crippen LogP contribution in [0.4, 0.5) is 0 Å². The molecule has 2 heterocycles. The Labute approximate surface area is 166 Å². The minimum absolute atomic E-state index is 0. The van der Waals surface area contributed by atoms with Crippen LogP contribution in [0.1, 0.15) is 16.9 Å². The first kappa shape index (κ1) is 21.3. The molecule has 0 unspecified atom stereocenters. The smallest absolute Gasteiger partial charge is 0.272 e. The third-order valence-corrected chi connectivity index (χ3v) is 4.89. The van der Waals surface area contributed by atoms with Gasteiger partial charge in [-0.05, 0) is 36.8 Å². The zero-order valence-corrected chi connectivity index (χ0v) is 16.8. The quantitative estimate of drug-likeness (QED) is 0.767. The number of hydrogen-bond donors (Lipinski definition) is 1. The number of amides is 1. The molecule has 1 aromatic carbocycles. The summed E-state index contributed by atoms with van der Waals surface area (Å²) < 4.78 is 1.02. The summed E-state index contributed by atoms with van der Waals surface area (Å²) in [6.07, 6.45) is 0.859.